The van der Waals surface area contributed by atoms with Crippen LogP contribution >= 0.6 is 0 Å². The van der Waals surface area contributed by atoms with Crippen molar-refractivity contribution in [2.75, 3.05) is 25.0 Å². The Kier molecular flexibility index (Phi) is 5.70. The molecule has 0 aliphatic carbocycles. The van der Waals surface area contributed by atoms with E-state index in [0.717, 1.165) is 67.7 Å². The van der Waals surface area contributed by atoms with Gasteiger partial charge in [0.05, 0.1) is 12.2 Å². The van der Waals surface area contributed by atoms with Gasteiger partial charge in [-0.2, -0.15) is 5.10 Å². The number of ether oxygens (including phenoxy) is 1. The highest BCUT2D eigenvalue weighted by atomic mass is 16.5. The molecule has 6 heteroatoms. The topological polar surface area (TPSA) is 59.4 Å². The van der Waals surface area contributed by atoms with Gasteiger partial charge in [-0.3, -0.25) is 9.48 Å². The van der Waals surface area contributed by atoms with Crippen LogP contribution in [0.4, 0.5) is 5.69 Å². The number of piperidine rings is 1. The van der Waals surface area contributed by atoms with Gasteiger partial charge in [0.25, 0.3) is 0 Å². The van der Waals surface area contributed by atoms with E-state index in [0.29, 0.717) is 17.6 Å². The molecule has 3 aromatic rings. The molecule has 2 aliphatic heterocycles. The van der Waals surface area contributed by atoms with Crippen LogP contribution in [0.1, 0.15) is 48.1 Å². The van der Waals surface area contributed by atoms with Crippen LogP contribution in [-0.2, 0) is 6.42 Å². The number of hydrogen-bond acceptors (Lipinski definition) is 5. The first-order chi connectivity index (χ1) is 15.6. The number of benzene rings is 2. The largest absolute Gasteiger partial charge is 0.456 e. The number of carbonyl (C=O) groups is 1. The van der Waals surface area contributed by atoms with Crippen LogP contribution in [0.25, 0.3) is 11.1 Å². The molecule has 1 unspecified atom stereocenters. The lowest BCUT2D eigenvalue weighted by Crippen LogP contribution is -2.33. The fourth-order valence-electron chi connectivity index (χ4n) is 4.80. The summed E-state index contributed by atoms with van der Waals surface area (Å²) in [6, 6.07) is 12.6. The summed E-state index contributed by atoms with van der Waals surface area (Å²) in [5.74, 6) is 1.63. The summed E-state index contributed by atoms with van der Waals surface area (Å²) in [5.41, 5.74) is 5.23. The zero-order valence-electron chi connectivity index (χ0n) is 18.8. The fraction of sp³-hybridized carbons (Fsp3) is 0.385. The molecule has 2 aromatic carbocycles. The summed E-state index contributed by atoms with van der Waals surface area (Å²) in [7, 11) is 2.15. The van der Waals surface area contributed by atoms with Crippen molar-refractivity contribution in [3.8, 4) is 22.6 Å². The van der Waals surface area contributed by atoms with Gasteiger partial charge in [-0.05, 0) is 82.1 Å². The van der Waals surface area contributed by atoms with E-state index < -0.39 is 0 Å². The van der Waals surface area contributed by atoms with Gasteiger partial charge in [0.2, 0.25) is 0 Å². The molecule has 2 aliphatic rings. The molecule has 1 fully saturated rings. The Morgan fingerprint density at radius 1 is 1.09 bits per heavy atom. The molecule has 0 amide bonds. The zero-order chi connectivity index (χ0) is 22.1. The number of nitrogens with one attached hydrogen (secondary N) is 1. The summed E-state index contributed by atoms with van der Waals surface area (Å²) in [6.07, 6.45) is 9.23. The molecule has 1 aromatic heterocycles. The molecule has 1 saturated heterocycles. The maximum absolute atomic E-state index is 11.0. The van der Waals surface area contributed by atoms with Crippen molar-refractivity contribution in [1.82, 2.24) is 15.1 Å². The van der Waals surface area contributed by atoms with Crippen molar-refractivity contribution in [3.63, 3.8) is 0 Å². The van der Waals surface area contributed by atoms with E-state index in [-0.39, 0.29) is 0 Å². The molecule has 0 radical (unpaired) electrons. The van der Waals surface area contributed by atoms with E-state index in [1.165, 1.54) is 11.3 Å². The number of nitrogens with zero attached hydrogens (tertiary/aromatic N) is 3. The van der Waals surface area contributed by atoms with E-state index >= 15 is 0 Å². The van der Waals surface area contributed by atoms with Crippen LogP contribution in [-0.4, -0.2) is 42.2 Å². The highest BCUT2D eigenvalue weighted by Gasteiger charge is 2.26. The Bertz CT molecular complexity index is 1100. The average molecular weight is 431 g/mol. The van der Waals surface area contributed by atoms with Gasteiger partial charge in [-0.25, -0.2) is 0 Å². The second-order valence-electron chi connectivity index (χ2n) is 8.92. The van der Waals surface area contributed by atoms with Crippen LogP contribution in [0, 0.1) is 0 Å². The molecule has 5 rings (SSSR count). The number of hydrogen-bond donors (Lipinski definition) is 1. The average Bonchev–Trinajstić information content (AvgIpc) is 3.33. The summed E-state index contributed by atoms with van der Waals surface area (Å²) in [5, 5.41) is 8.13. The first-order valence-corrected chi connectivity index (χ1v) is 11.5. The van der Waals surface area contributed by atoms with Crippen molar-refractivity contribution < 1.29 is 9.53 Å². The molecule has 0 saturated carbocycles. The van der Waals surface area contributed by atoms with Gasteiger partial charge in [-0.1, -0.05) is 0 Å². The minimum Gasteiger partial charge on any atom is -0.456 e. The number of carbonyl (C=O) groups excluding carboxylic acids is 1. The molecule has 1 N–H and O–H groups in total. The third-order valence-corrected chi connectivity index (χ3v) is 6.92. The molecule has 0 bridgehead atoms. The monoisotopic (exact) mass is 430 g/mol. The van der Waals surface area contributed by atoms with E-state index in [1.54, 1.807) is 12.1 Å². The first-order valence-electron chi connectivity index (χ1n) is 11.5. The minimum atomic E-state index is 0.440. The maximum atomic E-state index is 11.0. The Hall–Kier alpha value is -3.12. The van der Waals surface area contributed by atoms with Gasteiger partial charge >= 0.3 is 0 Å². The minimum absolute atomic E-state index is 0.440. The molecule has 1 atom stereocenters. The van der Waals surface area contributed by atoms with E-state index in [9.17, 15) is 4.79 Å². The molecule has 166 valence electrons. The Morgan fingerprint density at radius 3 is 2.62 bits per heavy atom. The van der Waals surface area contributed by atoms with Crippen LogP contribution in [0.3, 0.4) is 0 Å². The van der Waals surface area contributed by atoms with Gasteiger partial charge in [0, 0.05) is 47.2 Å². The van der Waals surface area contributed by atoms with Crippen LogP contribution in [0.2, 0.25) is 0 Å². The second-order valence-corrected chi connectivity index (χ2v) is 8.92. The molecule has 6 nitrogen and oxygen atoms in total. The molecular weight excluding hydrogens is 400 g/mol. The van der Waals surface area contributed by atoms with Gasteiger partial charge in [-0.15, -0.1) is 0 Å². The summed E-state index contributed by atoms with van der Waals surface area (Å²) in [4.78, 5) is 13.4. The molecular formula is C26H30N4O2. The van der Waals surface area contributed by atoms with Crippen molar-refractivity contribution in [2.24, 2.45) is 0 Å². The lowest BCUT2D eigenvalue weighted by Gasteiger charge is -2.35. The third kappa shape index (κ3) is 3.91. The van der Waals surface area contributed by atoms with Crippen LogP contribution < -0.4 is 15.0 Å². The van der Waals surface area contributed by atoms with Gasteiger partial charge < -0.3 is 15.0 Å². The number of aromatic nitrogens is 2. The Labute approximate surface area is 189 Å². The molecule has 0 spiro atoms. The SMILES string of the molecule is CC1CCc2c(ccc(-c3cnn(C4CCNCC4)c3)c2Oc2ccc(C=O)cc2)N1C. The number of rotatable bonds is 5. The standard InChI is InChI=1S/C26H30N4O2/c1-18-3-8-24-25(29(18)2)10-9-23(26(24)32-22-6-4-19(17-31)5-7-22)20-15-28-30(16-20)21-11-13-27-14-12-21/h4-7,9-10,15-18,21,27H,3,8,11-14H2,1-2H3. The van der Waals surface area contributed by atoms with Crippen LogP contribution in [0.15, 0.2) is 48.8 Å². The molecule has 32 heavy (non-hydrogen) atoms. The zero-order valence-corrected chi connectivity index (χ0v) is 18.8. The fourth-order valence-corrected chi connectivity index (χ4v) is 4.80. The third-order valence-electron chi connectivity index (χ3n) is 6.92. The summed E-state index contributed by atoms with van der Waals surface area (Å²) >= 11 is 0. The highest BCUT2D eigenvalue weighted by Crippen LogP contribution is 2.44. The highest BCUT2D eigenvalue weighted by molar-refractivity contribution is 5.78. The van der Waals surface area contributed by atoms with Crippen molar-refractivity contribution in [1.29, 1.82) is 0 Å². The van der Waals surface area contributed by atoms with E-state index in [4.69, 9.17) is 9.84 Å². The lowest BCUT2D eigenvalue weighted by atomic mass is 9.92. The number of fused-ring (bicyclic) bond motifs is 1. The van der Waals surface area contributed by atoms with E-state index in [2.05, 4.69) is 47.2 Å². The number of aldehydes is 1. The Morgan fingerprint density at radius 2 is 1.88 bits per heavy atom. The number of anilines is 1. The summed E-state index contributed by atoms with van der Waals surface area (Å²) in [6.45, 7) is 4.33. The van der Waals surface area contributed by atoms with E-state index in [1.807, 2.05) is 18.3 Å². The lowest BCUT2D eigenvalue weighted by molar-refractivity contribution is 0.112. The smallest absolute Gasteiger partial charge is 0.150 e. The van der Waals surface area contributed by atoms with Gasteiger partial charge in [0.15, 0.2) is 0 Å². The van der Waals surface area contributed by atoms with Crippen molar-refractivity contribution >= 4 is 12.0 Å². The predicted octanol–water partition coefficient (Wildman–Crippen LogP) is 4.85. The predicted molar refractivity (Wildman–Crippen MR) is 127 cm³/mol. The summed E-state index contributed by atoms with van der Waals surface area (Å²) < 4.78 is 8.63. The van der Waals surface area contributed by atoms with Gasteiger partial charge in [0.1, 0.15) is 17.8 Å². The Balaban J connectivity index is 1.56. The second kappa shape index (κ2) is 8.79. The normalized spacial score (nSPS) is 18.9. The van der Waals surface area contributed by atoms with Crippen molar-refractivity contribution in [3.05, 3.63) is 59.9 Å². The molecule has 3 heterocycles. The van der Waals surface area contributed by atoms with Crippen LogP contribution in [0.5, 0.6) is 11.5 Å². The first kappa shape index (κ1) is 20.8. The quantitative estimate of drug-likeness (QED) is 0.587. The van der Waals surface area contributed by atoms with Crippen molar-refractivity contribution in [2.45, 2.75) is 44.7 Å². The maximum Gasteiger partial charge on any atom is 0.150 e.